The number of hydrogen-bond donors (Lipinski definition) is 2. The van der Waals surface area contributed by atoms with Crippen LogP contribution in [0.1, 0.15) is 34.4 Å². The van der Waals surface area contributed by atoms with Crippen molar-refractivity contribution in [3.63, 3.8) is 0 Å². The topological polar surface area (TPSA) is 112 Å². The molecule has 1 amide bonds. The summed E-state index contributed by atoms with van der Waals surface area (Å²) in [4.78, 5) is 37.9. The largest absolute Gasteiger partial charge is 0.456 e. The second-order valence-electron chi connectivity index (χ2n) is 6.20. The van der Waals surface area contributed by atoms with Gasteiger partial charge in [0, 0.05) is 24.2 Å². The van der Waals surface area contributed by atoms with E-state index in [1.807, 2.05) is 6.07 Å². The van der Waals surface area contributed by atoms with E-state index >= 15 is 0 Å². The van der Waals surface area contributed by atoms with Crippen molar-refractivity contribution in [1.29, 1.82) is 5.26 Å². The Labute approximate surface area is 161 Å². The van der Waals surface area contributed by atoms with E-state index in [4.69, 9.17) is 10.00 Å². The summed E-state index contributed by atoms with van der Waals surface area (Å²) < 4.78 is 18.4. The Morgan fingerprint density at radius 2 is 2.00 bits per heavy atom. The van der Waals surface area contributed by atoms with Crippen LogP contribution in [0.25, 0.3) is 0 Å². The number of aromatic nitrogens is 1. The maximum absolute atomic E-state index is 13.5. The molecule has 7 nitrogen and oxygen atoms in total. The molecule has 0 spiro atoms. The number of benzene rings is 1. The van der Waals surface area contributed by atoms with Crippen LogP contribution in [0.4, 0.5) is 4.39 Å². The van der Waals surface area contributed by atoms with Crippen LogP contribution in [0.5, 0.6) is 0 Å². The van der Waals surface area contributed by atoms with E-state index in [1.54, 1.807) is 32.0 Å². The van der Waals surface area contributed by atoms with Gasteiger partial charge in [0.05, 0.1) is 0 Å². The quantitative estimate of drug-likeness (QED) is 0.706. The lowest BCUT2D eigenvalue weighted by Crippen LogP contribution is -2.28. The average molecular weight is 385 g/mol. The molecule has 2 rings (SSSR count). The van der Waals surface area contributed by atoms with Gasteiger partial charge < -0.3 is 15.0 Å². The Balaban J connectivity index is 1.83. The first-order chi connectivity index (χ1) is 13.3. The molecule has 28 heavy (non-hydrogen) atoms. The van der Waals surface area contributed by atoms with Gasteiger partial charge in [-0.05, 0) is 37.5 Å². The average Bonchev–Trinajstić information content (AvgIpc) is 2.65. The van der Waals surface area contributed by atoms with Crippen LogP contribution in [0.15, 0.2) is 29.1 Å². The van der Waals surface area contributed by atoms with Crippen molar-refractivity contribution in [1.82, 2.24) is 10.3 Å². The van der Waals surface area contributed by atoms with Crippen LogP contribution >= 0.6 is 0 Å². The molecule has 1 heterocycles. The highest BCUT2D eigenvalue weighted by molar-refractivity contribution is 5.80. The summed E-state index contributed by atoms with van der Waals surface area (Å²) in [6.07, 6.45) is 0.248. The van der Waals surface area contributed by atoms with E-state index < -0.39 is 29.9 Å². The number of hydrogen-bond acceptors (Lipinski definition) is 5. The van der Waals surface area contributed by atoms with Crippen molar-refractivity contribution in [2.75, 3.05) is 6.61 Å². The van der Waals surface area contributed by atoms with E-state index in [1.165, 1.54) is 6.07 Å². The van der Waals surface area contributed by atoms with Crippen molar-refractivity contribution in [2.24, 2.45) is 0 Å². The number of esters is 1. The summed E-state index contributed by atoms with van der Waals surface area (Å²) in [6.45, 7) is 2.86. The van der Waals surface area contributed by atoms with Crippen molar-refractivity contribution < 1.29 is 18.7 Å². The lowest BCUT2D eigenvalue weighted by Gasteiger charge is -2.11. The molecule has 0 atom stereocenters. The first-order valence-corrected chi connectivity index (χ1v) is 8.61. The number of nitrogens with one attached hydrogen (secondary N) is 2. The summed E-state index contributed by atoms with van der Waals surface area (Å²) in [5.41, 5.74) is 1.68. The number of pyridine rings is 1. The maximum Gasteiger partial charge on any atom is 0.306 e. The van der Waals surface area contributed by atoms with Gasteiger partial charge in [0.2, 0.25) is 0 Å². The molecule has 0 unspecified atom stereocenters. The molecule has 0 radical (unpaired) electrons. The van der Waals surface area contributed by atoms with Gasteiger partial charge in [-0.2, -0.15) is 5.26 Å². The highest BCUT2D eigenvalue weighted by Gasteiger charge is 2.14. The number of aromatic amines is 1. The summed E-state index contributed by atoms with van der Waals surface area (Å²) in [6, 6.07) is 7.90. The van der Waals surface area contributed by atoms with Crippen molar-refractivity contribution in [3.05, 3.63) is 68.4 Å². The Morgan fingerprint density at radius 1 is 1.29 bits per heavy atom. The zero-order valence-electron chi connectivity index (χ0n) is 15.6. The first kappa shape index (κ1) is 20.8. The molecule has 1 aromatic heterocycles. The molecule has 0 bridgehead atoms. The van der Waals surface area contributed by atoms with Gasteiger partial charge >= 0.3 is 5.97 Å². The predicted octanol–water partition coefficient (Wildman–Crippen LogP) is 1.79. The minimum atomic E-state index is -0.593. The number of aryl methyl sites for hydroxylation is 1. The number of H-pyrrole nitrogens is 1. The summed E-state index contributed by atoms with van der Waals surface area (Å²) in [5.74, 6) is -1.56. The highest BCUT2D eigenvalue weighted by atomic mass is 19.1. The van der Waals surface area contributed by atoms with Crippen LogP contribution in [-0.2, 0) is 27.3 Å². The third kappa shape index (κ3) is 5.27. The van der Waals surface area contributed by atoms with Crippen LogP contribution in [0, 0.1) is 31.0 Å². The van der Waals surface area contributed by atoms with E-state index in [0.717, 1.165) is 0 Å². The van der Waals surface area contributed by atoms with Crippen LogP contribution in [-0.4, -0.2) is 23.5 Å². The number of nitrogens with zero attached hydrogens (tertiary/aromatic N) is 1. The number of carbonyl (C=O) groups excluding carboxylic acids is 2. The van der Waals surface area contributed by atoms with Crippen molar-refractivity contribution in [2.45, 2.75) is 33.2 Å². The van der Waals surface area contributed by atoms with E-state index in [9.17, 15) is 18.8 Å². The molecule has 0 aliphatic carbocycles. The molecule has 1 aromatic carbocycles. The van der Waals surface area contributed by atoms with Crippen LogP contribution in [0.3, 0.4) is 0 Å². The SMILES string of the molecule is Cc1[nH]c(=O)c(C#N)c(C)c1CCC(=O)OCC(=O)NCc1ccccc1F. The Kier molecular flexibility index (Phi) is 7.04. The molecule has 0 saturated heterocycles. The maximum atomic E-state index is 13.5. The zero-order valence-corrected chi connectivity index (χ0v) is 15.6. The van der Waals surface area contributed by atoms with Gasteiger partial charge in [-0.15, -0.1) is 0 Å². The molecule has 0 aliphatic rings. The fourth-order valence-electron chi connectivity index (χ4n) is 2.75. The second kappa shape index (κ2) is 9.46. The van der Waals surface area contributed by atoms with Gasteiger partial charge in [-0.3, -0.25) is 14.4 Å². The lowest BCUT2D eigenvalue weighted by molar-refractivity contribution is -0.148. The first-order valence-electron chi connectivity index (χ1n) is 8.61. The Bertz CT molecular complexity index is 992. The fourth-order valence-corrected chi connectivity index (χ4v) is 2.75. The molecule has 8 heteroatoms. The van der Waals surface area contributed by atoms with E-state index in [2.05, 4.69) is 10.3 Å². The third-order valence-electron chi connectivity index (χ3n) is 4.30. The number of nitriles is 1. The van der Waals surface area contributed by atoms with Gasteiger partial charge in [-0.25, -0.2) is 4.39 Å². The van der Waals surface area contributed by atoms with Gasteiger partial charge in [0.25, 0.3) is 11.5 Å². The van der Waals surface area contributed by atoms with Crippen molar-refractivity contribution >= 4 is 11.9 Å². The number of amides is 1. The molecule has 0 fully saturated rings. The molecule has 2 N–H and O–H groups in total. The third-order valence-corrected chi connectivity index (χ3v) is 4.30. The Hall–Kier alpha value is -3.47. The fraction of sp³-hybridized carbons (Fsp3) is 0.300. The molecule has 0 aliphatic heterocycles. The monoisotopic (exact) mass is 385 g/mol. The van der Waals surface area contributed by atoms with Gasteiger partial charge in [-0.1, -0.05) is 18.2 Å². The summed E-state index contributed by atoms with van der Waals surface area (Å²) >= 11 is 0. The standard InChI is InChI=1S/C20H20FN3O4/c1-12-15(13(2)24-20(27)16(12)9-22)7-8-19(26)28-11-18(25)23-10-14-5-3-4-6-17(14)21/h3-6H,7-8,10-11H2,1-2H3,(H,23,25)(H,24,27). The number of ether oxygens (including phenoxy) is 1. The number of carbonyl (C=O) groups is 2. The van der Waals surface area contributed by atoms with Gasteiger partial charge in [0.15, 0.2) is 6.61 Å². The van der Waals surface area contributed by atoms with E-state index in [-0.39, 0.29) is 24.9 Å². The highest BCUT2D eigenvalue weighted by Crippen LogP contribution is 2.15. The minimum Gasteiger partial charge on any atom is -0.456 e. The lowest BCUT2D eigenvalue weighted by atomic mass is 9.99. The normalized spacial score (nSPS) is 10.2. The number of halogens is 1. The predicted molar refractivity (Wildman–Crippen MR) is 98.8 cm³/mol. The van der Waals surface area contributed by atoms with Crippen LogP contribution < -0.4 is 10.9 Å². The second-order valence-corrected chi connectivity index (χ2v) is 6.20. The molecular weight excluding hydrogens is 365 g/mol. The van der Waals surface area contributed by atoms with Crippen molar-refractivity contribution in [3.8, 4) is 6.07 Å². The number of rotatable bonds is 7. The van der Waals surface area contributed by atoms with Gasteiger partial charge in [0.1, 0.15) is 17.4 Å². The molecule has 146 valence electrons. The Morgan fingerprint density at radius 3 is 2.68 bits per heavy atom. The van der Waals surface area contributed by atoms with Crippen LogP contribution in [0.2, 0.25) is 0 Å². The summed E-state index contributed by atoms with van der Waals surface area (Å²) in [7, 11) is 0. The zero-order chi connectivity index (χ0) is 20.7. The smallest absolute Gasteiger partial charge is 0.306 e. The molecular formula is C20H20FN3O4. The molecule has 2 aromatic rings. The minimum absolute atomic E-state index is 0.00420. The van der Waals surface area contributed by atoms with E-state index in [0.29, 0.717) is 22.4 Å². The summed E-state index contributed by atoms with van der Waals surface area (Å²) in [5, 5.41) is 11.5. The molecule has 0 saturated carbocycles.